The summed E-state index contributed by atoms with van der Waals surface area (Å²) < 4.78 is 1.33. The molecule has 0 saturated carbocycles. The predicted octanol–water partition coefficient (Wildman–Crippen LogP) is 3.87. The average molecular weight is 457 g/mol. The summed E-state index contributed by atoms with van der Waals surface area (Å²) in [7, 11) is 0. The second-order valence-corrected chi connectivity index (χ2v) is 8.34. The SMILES string of the molecule is Cc1ccc(Cn2nc(C(=O)N3CCN(c4cccc(Cl)c4Cl)CC3)ccc2=O)cc1. The lowest BCUT2D eigenvalue weighted by Crippen LogP contribution is -2.49. The molecule has 1 aromatic heterocycles. The molecule has 2 heterocycles. The van der Waals surface area contributed by atoms with Crippen molar-refractivity contribution in [2.24, 2.45) is 0 Å². The van der Waals surface area contributed by atoms with Crippen LogP contribution in [0.5, 0.6) is 0 Å². The van der Waals surface area contributed by atoms with Gasteiger partial charge in [0.15, 0.2) is 0 Å². The van der Waals surface area contributed by atoms with Crippen LogP contribution in [0.25, 0.3) is 0 Å². The molecule has 1 aliphatic rings. The molecule has 0 N–H and O–H groups in total. The normalized spacial score (nSPS) is 14.0. The van der Waals surface area contributed by atoms with Crippen LogP contribution in [0.15, 0.2) is 59.4 Å². The highest BCUT2D eigenvalue weighted by molar-refractivity contribution is 6.43. The second kappa shape index (κ2) is 9.12. The van der Waals surface area contributed by atoms with E-state index in [0.29, 0.717) is 42.8 Å². The number of amides is 1. The van der Waals surface area contributed by atoms with Crippen molar-refractivity contribution in [1.29, 1.82) is 0 Å². The Hall–Kier alpha value is -2.83. The van der Waals surface area contributed by atoms with Crippen LogP contribution >= 0.6 is 23.2 Å². The quantitative estimate of drug-likeness (QED) is 0.597. The molecule has 160 valence electrons. The fraction of sp³-hybridized carbons (Fsp3) is 0.261. The topological polar surface area (TPSA) is 58.4 Å². The first-order valence-corrected chi connectivity index (χ1v) is 10.8. The molecular weight excluding hydrogens is 435 g/mol. The van der Waals surface area contributed by atoms with Crippen LogP contribution in [0.2, 0.25) is 10.0 Å². The summed E-state index contributed by atoms with van der Waals surface area (Å²) in [6.45, 7) is 4.65. The molecule has 1 amide bonds. The number of piperazine rings is 1. The Balaban J connectivity index is 1.46. The van der Waals surface area contributed by atoms with Crippen LogP contribution in [0.3, 0.4) is 0 Å². The van der Waals surface area contributed by atoms with Crippen molar-refractivity contribution in [1.82, 2.24) is 14.7 Å². The van der Waals surface area contributed by atoms with Gasteiger partial charge in [-0.25, -0.2) is 4.68 Å². The number of hydrogen-bond acceptors (Lipinski definition) is 4. The first-order chi connectivity index (χ1) is 14.9. The van der Waals surface area contributed by atoms with Gasteiger partial charge in [0.1, 0.15) is 5.69 Å². The minimum atomic E-state index is -0.238. The molecule has 1 aliphatic heterocycles. The number of benzene rings is 2. The van der Waals surface area contributed by atoms with Gasteiger partial charge < -0.3 is 9.80 Å². The summed E-state index contributed by atoms with van der Waals surface area (Å²) in [5.74, 6) is -0.186. The number of nitrogens with zero attached hydrogens (tertiary/aromatic N) is 4. The third-order valence-corrected chi connectivity index (χ3v) is 6.19. The highest BCUT2D eigenvalue weighted by Gasteiger charge is 2.25. The summed E-state index contributed by atoms with van der Waals surface area (Å²) in [5.41, 5.74) is 2.99. The van der Waals surface area contributed by atoms with E-state index < -0.39 is 0 Å². The van der Waals surface area contributed by atoms with Crippen LogP contribution in [-0.2, 0) is 6.54 Å². The van der Waals surface area contributed by atoms with Gasteiger partial charge in [0, 0.05) is 32.2 Å². The summed E-state index contributed by atoms with van der Waals surface area (Å²) in [6.07, 6.45) is 0. The highest BCUT2D eigenvalue weighted by atomic mass is 35.5. The van der Waals surface area contributed by atoms with Crippen molar-refractivity contribution >= 4 is 34.8 Å². The van der Waals surface area contributed by atoms with Gasteiger partial charge in [-0.15, -0.1) is 0 Å². The van der Waals surface area contributed by atoms with Crippen molar-refractivity contribution in [3.63, 3.8) is 0 Å². The number of aryl methyl sites for hydroxylation is 1. The van der Waals surface area contributed by atoms with Gasteiger partial charge in [0.25, 0.3) is 11.5 Å². The van der Waals surface area contributed by atoms with Crippen molar-refractivity contribution in [2.75, 3.05) is 31.1 Å². The van der Waals surface area contributed by atoms with Gasteiger partial charge in [0.2, 0.25) is 0 Å². The molecule has 3 aromatic rings. The fourth-order valence-corrected chi connectivity index (χ4v) is 4.01. The molecule has 8 heteroatoms. The maximum Gasteiger partial charge on any atom is 0.274 e. The standard InChI is InChI=1S/C23H22Cl2N4O2/c1-16-5-7-17(8-6-16)15-29-21(30)10-9-19(26-29)23(31)28-13-11-27(12-14-28)20-4-2-3-18(24)22(20)25/h2-10H,11-15H2,1H3. The smallest absolute Gasteiger partial charge is 0.274 e. The summed E-state index contributed by atoms with van der Waals surface area (Å²) in [5, 5.41) is 5.36. The number of aromatic nitrogens is 2. The molecule has 2 aromatic carbocycles. The Bertz CT molecular complexity index is 1150. The van der Waals surface area contributed by atoms with Crippen LogP contribution in [0.1, 0.15) is 21.6 Å². The first kappa shape index (κ1) is 21.4. The van der Waals surface area contributed by atoms with Crippen LogP contribution in [0, 0.1) is 6.92 Å². The van der Waals surface area contributed by atoms with Gasteiger partial charge in [0.05, 0.1) is 22.3 Å². The predicted molar refractivity (Wildman–Crippen MR) is 123 cm³/mol. The Morgan fingerprint density at radius 1 is 0.968 bits per heavy atom. The third kappa shape index (κ3) is 4.75. The molecule has 1 saturated heterocycles. The largest absolute Gasteiger partial charge is 0.367 e. The van der Waals surface area contributed by atoms with Crippen LogP contribution in [0.4, 0.5) is 5.69 Å². The molecule has 4 rings (SSSR count). The number of anilines is 1. The van der Waals surface area contributed by atoms with Gasteiger partial charge in [-0.1, -0.05) is 59.1 Å². The lowest BCUT2D eigenvalue weighted by Gasteiger charge is -2.36. The summed E-state index contributed by atoms with van der Waals surface area (Å²) in [6, 6.07) is 16.3. The maximum atomic E-state index is 13.0. The van der Waals surface area contributed by atoms with E-state index in [9.17, 15) is 9.59 Å². The maximum absolute atomic E-state index is 13.0. The molecule has 0 atom stereocenters. The lowest BCUT2D eigenvalue weighted by atomic mass is 10.1. The zero-order valence-corrected chi connectivity index (χ0v) is 18.6. The van der Waals surface area contributed by atoms with E-state index in [4.69, 9.17) is 23.2 Å². The summed E-state index contributed by atoms with van der Waals surface area (Å²) >= 11 is 12.5. The van der Waals surface area contributed by atoms with Crippen LogP contribution < -0.4 is 10.5 Å². The average Bonchev–Trinajstić information content (AvgIpc) is 2.78. The minimum absolute atomic E-state index is 0.186. The fourth-order valence-electron chi connectivity index (χ4n) is 3.59. The zero-order valence-electron chi connectivity index (χ0n) is 17.1. The van der Waals surface area contributed by atoms with Crippen molar-refractivity contribution < 1.29 is 4.79 Å². The molecule has 31 heavy (non-hydrogen) atoms. The van der Waals surface area contributed by atoms with Crippen molar-refractivity contribution in [3.05, 3.63) is 91.8 Å². The first-order valence-electron chi connectivity index (χ1n) is 10.0. The van der Waals surface area contributed by atoms with Gasteiger partial charge in [-0.3, -0.25) is 9.59 Å². The summed E-state index contributed by atoms with van der Waals surface area (Å²) in [4.78, 5) is 29.1. The molecule has 0 bridgehead atoms. The Labute approximate surface area is 190 Å². The monoisotopic (exact) mass is 456 g/mol. The molecule has 0 radical (unpaired) electrons. The number of hydrogen-bond donors (Lipinski definition) is 0. The van der Waals surface area contributed by atoms with Crippen molar-refractivity contribution in [2.45, 2.75) is 13.5 Å². The number of rotatable bonds is 4. The highest BCUT2D eigenvalue weighted by Crippen LogP contribution is 2.32. The van der Waals surface area contributed by atoms with Crippen LogP contribution in [-0.4, -0.2) is 46.8 Å². The minimum Gasteiger partial charge on any atom is -0.367 e. The molecule has 0 aliphatic carbocycles. The van der Waals surface area contributed by atoms with Gasteiger partial charge >= 0.3 is 0 Å². The van der Waals surface area contributed by atoms with E-state index in [1.807, 2.05) is 43.3 Å². The Kier molecular flexibility index (Phi) is 6.30. The number of carbonyl (C=O) groups is 1. The van der Waals surface area contributed by atoms with E-state index in [1.54, 1.807) is 11.0 Å². The molecule has 6 nitrogen and oxygen atoms in total. The lowest BCUT2D eigenvalue weighted by molar-refractivity contribution is 0.0738. The molecule has 1 fully saturated rings. The van der Waals surface area contributed by atoms with E-state index in [0.717, 1.165) is 16.8 Å². The van der Waals surface area contributed by atoms with E-state index >= 15 is 0 Å². The van der Waals surface area contributed by atoms with E-state index in [-0.39, 0.29) is 17.2 Å². The number of halogens is 2. The molecule has 0 unspecified atom stereocenters. The molecular formula is C23H22Cl2N4O2. The Morgan fingerprint density at radius 2 is 1.68 bits per heavy atom. The second-order valence-electron chi connectivity index (χ2n) is 7.55. The Morgan fingerprint density at radius 3 is 2.39 bits per heavy atom. The van der Waals surface area contributed by atoms with E-state index in [2.05, 4.69) is 10.00 Å². The van der Waals surface area contributed by atoms with Gasteiger partial charge in [-0.05, 0) is 30.7 Å². The van der Waals surface area contributed by atoms with Gasteiger partial charge in [-0.2, -0.15) is 5.10 Å². The zero-order chi connectivity index (χ0) is 22.0. The van der Waals surface area contributed by atoms with E-state index in [1.165, 1.54) is 16.8 Å². The number of carbonyl (C=O) groups excluding carboxylic acids is 1. The molecule has 0 spiro atoms. The van der Waals surface area contributed by atoms with Crippen molar-refractivity contribution in [3.8, 4) is 0 Å². The third-order valence-electron chi connectivity index (χ3n) is 5.38.